The van der Waals surface area contributed by atoms with Crippen molar-refractivity contribution in [3.8, 4) is 10.6 Å². The second-order valence-corrected chi connectivity index (χ2v) is 9.28. The molecule has 1 N–H and O–H groups in total. The Hall–Kier alpha value is -2.46. The van der Waals surface area contributed by atoms with Crippen LogP contribution in [0.5, 0.6) is 0 Å². The summed E-state index contributed by atoms with van der Waals surface area (Å²) in [7, 11) is 3.51. The van der Waals surface area contributed by atoms with E-state index in [-0.39, 0.29) is 36.6 Å². The number of thiazole rings is 1. The lowest BCUT2D eigenvalue weighted by Crippen LogP contribution is -2.42. The monoisotopic (exact) mass is 538 g/mol. The highest BCUT2D eigenvalue weighted by Gasteiger charge is 2.28. The molecule has 1 amide bonds. The van der Waals surface area contributed by atoms with E-state index in [2.05, 4.69) is 20.2 Å². The van der Waals surface area contributed by atoms with Gasteiger partial charge in [0.25, 0.3) is 0 Å². The van der Waals surface area contributed by atoms with Crippen molar-refractivity contribution in [1.82, 2.24) is 19.9 Å². The number of aromatic nitrogens is 3. The Balaban J connectivity index is 0.00000216. The molecule has 35 heavy (non-hydrogen) atoms. The number of amides is 1. The number of piperidine rings is 1. The van der Waals surface area contributed by atoms with Crippen LogP contribution < -0.4 is 10.2 Å². The van der Waals surface area contributed by atoms with Gasteiger partial charge in [-0.2, -0.15) is 0 Å². The number of hydrogen-bond acceptors (Lipinski definition) is 8. The van der Waals surface area contributed by atoms with Crippen molar-refractivity contribution in [2.24, 2.45) is 5.92 Å². The van der Waals surface area contributed by atoms with E-state index < -0.39 is 0 Å². The predicted octanol–water partition coefficient (Wildman–Crippen LogP) is 4.82. The van der Waals surface area contributed by atoms with Crippen LogP contribution >= 0.6 is 36.2 Å². The van der Waals surface area contributed by atoms with Crippen molar-refractivity contribution in [1.29, 1.82) is 0 Å². The number of pyridine rings is 2. The molecule has 4 rings (SSSR count). The second kappa shape index (κ2) is 13.6. The number of hydrogen-bond donors (Lipinski definition) is 1. The summed E-state index contributed by atoms with van der Waals surface area (Å²) in [6.07, 6.45) is 5.34. The lowest BCUT2D eigenvalue weighted by atomic mass is 9.95. The third kappa shape index (κ3) is 7.51. The third-order valence-electron chi connectivity index (χ3n) is 5.79. The molecular formula is C24H32Cl2N6O2S. The number of anilines is 3. The number of carbonyl (C=O) groups excluding carboxylic acids is 1. The molecule has 8 nitrogen and oxygen atoms in total. The van der Waals surface area contributed by atoms with Gasteiger partial charge in [-0.15, -0.1) is 24.8 Å². The number of aryl methyl sites for hydroxylation is 1. The molecule has 0 atom stereocenters. The number of likely N-dealkylation sites (N-methyl/N-ethyl adjacent to an activating group) is 1. The topological polar surface area (TPSA) is 83.5 Å². The van der Waals surface area contributed by atoms with Gasteiger partial charge in [-0.25, -0.2) is 15.0 Å². The summed E-state index contributed by atoms with van der Waals surface area (Å²) in [4.78, 5) is 31.4. The maximum atomic E-state index is 12.6. The van der Waals surface area contributed by atoms with Crippen LogP contribution in [0.3, 0.4) is 0 Å². The minimum absolute atomic E-state index is 0. The van der Waals surface area contributed by atoms with Crippen molar-refractivity contribution in [2.45, 2.75) is 19.8 Å². The Labute approximate surface area is 223 Å². The molecule has 190 valence electrons. The molecule has 0 saturated carbocycles. The Morgan fingerprint density at radius 1 is 1.20 bits per heavy atom. The van der Waals surface area contributed by atoms with E-state index in [4.69, 9.17) is 9.72 Å². The molecule has 0 aromatic carbocycles. The standard InChI is InChI=1S/C24H30N6O2S.2ClH/c1-17-7-10-25-22(15-17)28-21-6-4-5-19(27-21)20-16-26-24(33-20)30-11-8-18(9-12-30)23(31)29(2)13-14-32-3;;/h4-7,10,15-16,18H,8-9,11-14H2,1-3H3,(H,25,27,28);2*1H. The minimum atomic E-state index is 0. The number of nitrogens with zero attached hydrogens (tertiary/aromatic N) is 5. The molecule has 0 spiro atoms. The number of ether oxygens (including phenoxy) is 1. The summed E-state index contributed by atoms with van der Waals surface area (Å²) in [6.45, 7) is 4.89. The summed E-state index contributed by atoms with van der Waals surface area (Å²) in [5, 5.41) is 4.25. The summed E-state index contributed by atoms with van der Waals surface area (Å²) < 4.78 is 5.08. The lowest BCUT2D eigenvalue weighted by molar-refractivity contribution is -0.135. The van der Waals surface area contributed by atoms with Crippen molar-refractivity contribution in [3.05, 3.63) is 48.3 Å². The number of halogens is 2. The summed E-state index contributed by atoms with van der Waals surface area (Å²) in [6, 6.07) is 9.86. The molecular weight excluding hydrogens is 507 g/mol. The number of nitrogens with one attached hydrogen (secondary N) is 1. The molecule has 1 aliphatic rings. The molecule has 3 aromatic rings. The Bertz CT molecular complexity index is 1090. The predicted molar refractivity (Wildman–Crippen MR) is 147 cm³/mol. The number of carbonyl (C=O) groups is 1. The van der Waals surface area contributed by atoms with Gasteiger partial charge in [-0.05, 0) is 49.6 Å². The summed E-state index contributed by atoms with van der Waals surface area (Å²) >= 11 is 1.63. The van der Waals surface area contributed by atoms with Gasteiger partial charge >= 0.3 is 0 Å². The largest absolute Gasteiger partial charge is 0.383 e. The Morgan fingerprint density at radius 3 is 2.69 bits per heavy atom. The van der Waals surface area contributed by atoms with Gasteiger partial charge in [0.1, 0.15) is 11.6 Å². The van der Waals surface area contributed by atoms with Gasteiger partial charge in [0, 0.05) is 52.1 Å². The fraction of sp³-hybridized carbons (Fsp3) is 0.417. The van der Waals surface area contributed by atoms with E-state index in [1.54, 1.807) is 29.5 Å². The average molecular weight is 540 g/mol. The second-order valence-electron chi connectivity index (χ2n) is 8.27. The highest BCUT2D eigenvalue weighted by molar-refractivity contribution is 7.18. The Morgan fingerprint density at radius 2 is 1.97 bits per heavy atom. The quantitative estimate of drug-likeness (QED) is 0.440. The van der Waals surface area contributed by atoms with Crippen LogP contribution in [0.1, 0.15) is 18.4 Å². The smallest absolute Gasteiger partial charge is 0.225 e. The number of methoxy groups -OCH3 is 1. The molecule has 11 heteroatoms. The molecule has 4 heterocycles. The summed E-state index contributed by atoms with van der Waals surface area (Å²) in [5.74, 6) is 1.80. The highest BCUT2D eigenvalue weighted by Crippen LogP contribution is 2.33. The average Bonchev–Trinajstić information content (AvgIpc) is 3.33. The molecule has 1 saturated heterocycles. The molecule has 3 aromatic heterocycles. The van der Waals surface area contributed by atoms with Gasteiger partial charge in [0.15, 0.2) is 5.13 Å². The normalized spacial score (nSPS) is 13.5. The van der Waals surface area contributed by atoms with Gasteiger partial charge in [-0.1, -0.05) is 17.4 Å². The van der Waals surface area contributed by atoms with Gasteiger partial charge in [0.2, 0.25) is 5.91 Å². The van der Waals surface area contributed by atoms with Gasteiger partial charge < -0.3 is 19.9 Å². The van der Waals surface area contributed by atoms with Crippen LogP contribution in [-0.4, -0.2) is 66.2 Å². The Kier molecular flexibility index (Phi) is 11.2. The van der Waals surface area contributed by atoms with E-state index in [1.807, 2.05) is 50.5 Å². The maximum Gasteiger partial charge on any atom is 0.225 e. The van der Waals surface area contributed by atoms with E-state index in [0.717, 1.165) is 58.8 Å². The van der Waals surface area contributed by atoms with Crippen molar-refractivity contribution >= 4 is 58.8 Å². The molecule has 0 unspecified atom stereocenters. The molecule has 1 fully saturated rings. The first-order valence-electron chi connectivity index (χ1n) is 11.2. The fourth-order valence-electron chi connectivity index (χ4n) is 3.87. The zero-order valence-corrected chi connectivity index (χ0v) is 22.6. The van der Waals surface area contributed by atoms with Crippen LogP contribution in [0.25, 0.3) is 10.6 Å². The van der Waals surface area contributed by atoms with Crippen LogP contribution in [-0.2, 0) is 9.53 Å². The number of rotatable bonds is 8. The van der Waals surface area contributed by atoms with E-state index in [9.17, 15) is 4.79 Å². The minimum Gasteiger partial charge on any atom is -0.383 e. The van der Waals surface area contributed by atoms with Crippen LogP contribution in [0.4, 0.5) is 16.8 Å². The summed E-state index contributed by atoms with van der Waals surface area (Å²) in [5.41, 5.74) is 2.02. The first-order chi connectivity index (χ1) is 16.0. The fourth-order valence-corrected chi connectivity index (χ4v) is 4.81. The highest BCUT2D eigenvalue weighted by atomic mass is 35.5. The van der Waals surface area contributed by atoms with Crippen LogP contribution in [0, 0.1) is 12.8 Å². The van der Waals surface area contributed by atoms with Crippen LogP contribution in [0.2, 0.25) is 0 Å². The maximum absolute atomic E-state index is 12.6. The molecule has 0 aliphatic carbocycles. The van der Waals surface area contributed by atoms with Gasteiger partial charge in [-0.3, -0.25) is 4.79 Å². The zero-order valence-electron chi connectivity index (χ0n) is 20.1. The first kappa shape index (κ1) is 28.8. The SMILES string of the molecule is COCCN(C)C(=O)C1CCN(c2ncc(-c3cccc(Nc4cc(C)ccn4)n3)s2)CC1.Cl.Cl. The van der Waals surface area contributed by atoms with Crippen LogP contribution in [0.15, 0.2) is 42.7 Å². The zero-order chi connectivity index (χ0) is 23.2. The first-order valence-corrected chi connectivity index (χ1v) is 12.0. The van der Waals surface area contributed by atoms with Crippen molar-refractivity contribution in [3.63, 3.8) is 0 Å². The van der Waals surface area contributed by atoms with Crippen molar-refractivity contribution in [2.75, 3.05) is 50.6 Å². The van der Waals surface area contributed by atoms with Gasteiger partial charge in [0.05, 0.1) is 17.2 Å². The molecule has 0 radical (unpaired) electrons. The molecule has 0 bridgehead atoms. The van der Waals surface area contributed by atoms with E-state index in [1.165, 1.54) is 0 Å². The molecule has 1 aliphatic heterocycles. The van der Waals surface area contributed by atoms with Crippen molar-refractivity contribution < 1.29 is 9.53 Å². The van der Waals surface area contributed by atoms with E-state index in [0.29, 0.717) is 13.2 Å². The lowest BCUT2D eigenvalue weighted by Gasteiger charge is -2.33. The van der Waals surface area contributed by atoms with E-state index >= 15 is 0 Å². The third-order valence-corrected chi connectivity index (χ3v) is 6.87.